The third kappa shape index (κ3) is 2.95. The number of carbonyl (C=O) groups is 2. The summed E-state index contributed by atoms with van der Waals surface area (Å²) < 4.78 is 0. The van der Waals surface area contributed by atoms with Gasteiger partial charge in [0.1, 0.15) is 5.76 Å². The molecule has 1 aliphatic heterocycles. The van der Waals surface area contributed by atoms with Crippen LogP contribution in [0.3, 0.4) is 0 Å². The normalized spacial score (nSPS) is 18.5. The van der Waals surface area contributed by atoms with Crippen LogP contribution in [-0.2, 0) is 9.59 Å². The van der Waals surface area contributed by atoms with Gasteiger partial charge in [0, 0.05) is 18.0 Å². The van der Waals surface area contributed by atoms with Gasteiger partial charge in [0.2, 0.25) is 5.95 Å². The monoisotopic (exact) mass is 371 g/mol. The van der Waals surface area contributed by atoms with Crippen LogP contribution < -0.4 is 4.90 Å². The first-order valence-corrected chi connectivity index (χ1v) is 8.78. The second-order valence-electron chi connectivity index (χ2n) is 6.49. The van der Waals surface area contributed by atoms with Crippen LogP contribution in [0, 0.1) is 6.92 Å². The molecule has 28 heavy (non-hydrogen) atoms. The van der Waals surface area contributed by atoms with Crippen molar-refractivity contribution in [1.82, 2.24) is 9.97 Å². The van der Waals surface area contributed by atoms with Crippen molar-refractivity contribution in [3.8, 4) is 0 Å². The first kappa shape index (κ1) is 17.6. The molecule has 0 radical (unpaired) electrons. The molecule has 2 aromatic carbocycles. The summed E-state index contributed by atoms with van der Waals surface area (Å²) in [5.74, 6) is -1.64. The quantitative estimate of drug-likeness (QED) is 0.433. The number of anilines is 1. The molecule has 6 heteroatoms. The molecule has 0 aliphatic carbocycles. The Bertz CT molecular complexity index is 1060. The number of benzene rings is 2. The van der Waals surface area contributed by atoms with Crippen LogP contribution in [0.25, 0.3) is 5.76 Å². The second-order valence-corrected chi connectivity index (χ2v) is 6.49. The Balaban J connectivity index is 1.95. The Labute approximate surface area is 161 Å². The smallest absolute Gasteiger partial charge is 0.302 e. The summed E-state index contributed by atoms with van der Waals surface area (Å²) in [7, 11) is 0. The van der Waals surface area contributed by atoms with Crippen LogP contribution in [0.4, 0.5) is 5.95 Å². The second kappa shape index (κ2) is 7.08. The number of Topliss-reactive ketones (excluding diaryl/α,β-unsaturated/α-hetero) is 1. The number of aliphatic hydroxyl groups excluding tert-OH is 1. The van der Waals surface area contributed by atoms with Crippen molar-refractivity contribution in [2.75, 3.05) is 4.90 Å². The molecule has 1 saturated heterocycles. The lowest BCUT2D eigenvalue weighted by atomic mass is 9.95. The predicted molar refractivity (Wildman–Crippen MR) is 104 cm³/mol. The maximum atomic E-state index is 12.9. The first-order valence-electron chi connectivity index (χ1n) is 8.78. The zero-order chi connectivity index (χ0) is 19.7. The van der Waals surface area contributed by atoms with Crippen molar-refractivity contribution in [3.05, 3.63) is 95.3 Å². The third-order valence-corrected chi connectivity index (χ3v) is 4.65. The van der Waals surface area contributed by atoms with Crippen LogP contribution in [0.1, 0.15) is 22.7 Å². The van der Waals surface area contributed by atoms with Gasteiger partial charge in [0.05, 0.1) is 11.6 Å². The number of hydrogen-bond donors (Lipinski definition) is 1. The molecule has 0 unspecified atom stereocenters. The molecule has 1 aliphatic rings. The fraction of sp³-hybridized carbons (Fsp3) is 0.0909. The van der Waals surface area contributed by atoms with E-state index in [0.29, 0.717) is 11.1 Å². The molecule has 138 valence electrons. The van der Waals surface area contributed by atoms with Crippen LogP contribution in [0.15, 0.2) is 78.6 Å². The van der Waals surface area contributed by atoms with E-state index in [0.717, 1.165) is 5.56 Å². The minimum absolute atomic E-state index is 0.0208. The zero-order valence-electron chi connectivity index (χ0n) is 15.1. The largest absolute Gasteiger partial charge is 0.507 e. The van der Waals surface area contributed by atoms with E-state index in [1.165, 1.54) is 17.3 Å². The van der Waals surface area contributed by atoms with E-state index in [1.54, 1.807) is 30.3 Å². The van der Waals surface area contributed by atoms with E-state index >= 15 is 0 Å². The molecular weight excluding hydrogens is 354 g/mol. The molecule has 3 aromatic rings. The summed E-state index contributed by atoms with van der Waals surface area (Å²) >= 11 is 0. The molecule has 4 rings (SSSR count). The Kier molecular flexibility index (Phi) is 4.45. The molecule has 1 fully saturated rings. The molecule has 1 amide bonds. The summed E-state index contributed by atoms with van der Waals surface area (Å²) in [5, 5.41) is 10.9. The Hall–Kier alpha value is -3.80. The van der Waals surface area contributed by atoms with Crippen LogP contribution in [0.5, 0.6) is 0 Å². The Morgan fingerprint density at radius 3 is 2.21 bits per heavy atom. The fourth-order valence-electron chi connectivity index (χ4n) is 3.27. The number of aliphatic hydroxyl groups is 1. The van der Waals surface area contributed by atoms with E-state index in [2.05, 4.69) is 9.97 Å². The molecule has 0 saturated carbocycles. The van der Waals surface area contributed by atoms with Gasteiger partial charge >= 0.3 is 5.91 Å². The Morgan fingerprint density at radius 1 is 0.929 bits per heavy atom. The number of aryl methyl sites for hydroxylation is 1. The van der Waals surface area contributed by atoms with Crippen LogP contribution in [0.2, 0.25) is 0 Å². The molecule has 6 nitrogen and oxygen atoms in total. The molecule has 1 N–H and O–H groups in total. The Morgan fingerprint density at radius 2 is 1.57 bits per heavy atom. The van der Waals surface area contributed by atoms with Gasteiger partial charge in [-0.25, -0.2) is 9.97 Å². The summed E-state index contributed by atoms with van der Waals surface area (Å²) in [6.07, 6.45) is 3.01. The van der Waals surface area contributed by atoms with Gasteiger partial charge in [-0.05, 0) is 18.6 Å². The lowest BCUT2D eigenvalue weighted by Crippen LogP contribution is -2.31. The molecular formula is C22H17N3O3. The molecule has 2 heterocycles. The van der Waals surface area contributed by atoms with E-state index in [4.69, 9.17) is 0 Å². The van der Waals surface area contributed by atoms with Crippen molar-refractivity contribution in [2.24, 2.45) is 0 Å². The molecule has 1 atom stereocenters. The van der Waals surface area contributed by atoms with E-state index < -0.39 is 17.7 Å². The SMILES string of the molecule is Cc1ccc([C@H]2C(=C(O)c3ccccc3)C(=O)C(=O)N2c2ncccn2)cc1. The van der Waals surface area contributed by atoms with E-state index in [9.17, 15) is 14.7 Å². The maximum absolute atomic E-state index is 12.9. The lowest BCUT2D eigenvalue weighted by Gasteiger charge is -2.23. The van der Waals surface area contributed by atoms with Crippen molar-refractivity contribution < 1.29 is 14.7 Å². The predicted octanol–water partition coefficient (Wildman–Crippen LogP) is 3.41. The van der Waals surface area contributed by atoms with Crippen molar-refractivity contribution in [3.63, 3.8) is 0 Å². The van der Waals surface area contributed by atoms with Crippen molar-refractivity contribution in [2.45, 2.75) is 13.0 Å². The zero-order valence-corrected chi connectivity index (χ0v) is 15.1. The number of aromatic nitrogens is 2. The number of amides is 1. The highest BCUT2D eigenvalue weighted by molar-refractivity contribution is 6.51. The highest BCUT2D eigenvalue weighted by atomic mass is 16.3. The van der Waals surface area contributed by atoms with Crippen molar-refractivity contribution in [1.29, 1.82) is 0 Å². The number of nitrogens with zero attached hydrogens (tertiary/aromatic N) is 3. The first-order chi connectivity index (χ1) is 13.6. The molecule has 1 aromatic heterocycles. The number of ketones is 1. The number of carbonyl (C=O) groups excluding carboxylic acids is 2. The fourth-order valence-corrected chi connectivity index (χ4v) is 3.27. The van der Waals surface area contributed by atoms with Gasteiger partial charge in [0.25, 0.3) is 5.78 Å². The minimum Gasteiger partial charge on any atom is -0.507 e. The summed E-state index contributed by atoms with van der Waals surface area (Å²) in [6.45, 7) is 1.95. The average Bonchev–Trinajstić information content (AvgIpc) is 3.00. The summed E-state index contributed by atoms with van der Waals surface area (Å²) in [4.78, 5) is 35.3. The topological polar surface area (TPSA) is 83.4 Å². The van der Waals surface area contributed by atoms with E-state index in [-0.39, 0.29) is 17.3 Å². The van der Waals surface area contributed by atoms with E-state index in [1.807, 2.05) is 37.3 Å². The van der Waals surface area contributed by atoms with Crippen LogP contribution >= 0.6 is 0 Å². The van der Waals surface area contributed by atoms with Gasteiger partial charge in [-0.3, -0.25) is 14.5 Å². The molecule has 0 spiro atoms. The number of hydrogen-bond acceptors (Lipinski definition) is 5. The lowest BCUT2D eigenvalue weighted by molar-refractivity contribution is -0.132. The van der Waals surface area contributed by atoms with Crippen molar-refractivity contribution >= 4 is 23.4 Å². The van der Waals surface area contributed by atoms with Gasteiger partial charge < -0.3 is 5.11 Å². The van der Waals surface area contributed by atoms with Gasteiger partial charge in [-0.15, -0.1) is 0 Å². The van der Waals surface area contributed by atoms with Gasteiger partial charge in [0.15, 0.2) is 0 Å². The summed E-state index contributed by atoms with van der Waals surface area (Å²) in [5.41, 5.74) is 2.22. The average molecular weight is 371 g/mol. The summed E-state index contributed by atoms with van der Waals surface area (Å²) in [6, 6.07) is 17.0. The minimum atomic E-state index is -0.816. The van der Waals surface area contributed by atoms with Gasteiger partial charge in [-0.2, -0.15) is 0 Å². The van der Waals surface area contributed by atoms with Crippen LogP contribution in [-0.4, -0.2) is 26.8 Å². The third-order valence-electron chi connectivity index (χ3n) is 4.65. The number of rotatable bonds is 3. The highest BCUT2D eigenvalue weighted by Crippen LogP contribution is 2.40. The van der Waals surface area contributed by atoms with Gasteiger partial charge in [-0.1, -0.05) is 60.2 Å². The standard InChI is InChI=1S/C22H17N3O3/c1-14-8-10-15(11-9-14)18-17(19(26)16-6-3-2-4-7-16)20(27)21(28)25(18)22-23-12-5-13-24-22/h2-13,18,26H,1H3/t18-/m0/s1. The maximum Gasteiger partial charge on any atom is 0.302 e. The highest BCUT2D eigenvalue weighted by Gasteiger charge is 2.48. The molecule has 0 bridgehead atoms.